The molecular weight excluding hydrogens is 385 g/mol. The number of benzene rings is 2. The SMILES string of the molecule is O=C(c1ccccc1)N1CC[C@H](O)[C@@](O)(CNCc2ccc(C(F)(F)F)cc2)C1. The maximum atomic E-state index is 12.6. The van der Waals surface area contributed by atoms with Crippen molar-refractivity contribution in [3.05, 3.63) is 71.3 Å². The average molecular weight is 408 g/mol. The molecular formula is C21H23F3N2O3. The van der Waals surface area contributed by atoms with Crippen molar-refractivity contribution >= 4 is 5.91 Å². The quantitative estimate of drug-likeness (QED) is 0.711. The zero-order valence-corrected chi connectivity index (χ0v) is 15.7. The van der Waals surface area contributed by atoms with E-state index in [1.54, 1.807) is 30.3 Å². The Hall–Kier alpha value is -2.42. The molecule has 2 atom stereocenters. The molecule has 1 amide bonds. The number of aliphatic hydroxyl groups is 2. The number of carbonyl (C=O) groups excluding carboxylic acids is 1. The third kappa shape index (κ3) is 5.14. The van der Waals surface area contributed by atoms with E-state index in [4.69, 9.17) is 0 Å². The Labute approximate surface area is 166 Å². The average Bonchev–Trinajstić information content (AvgIpc) is 2.70. The molecule has 1 fully saturated rings. The summed E-state index contributed by atoms with van der Waals surface area (Å²) in [6.45, 7) is 0.506. The van der Waals surface area contributed by atoms with E-state index in [2.05, 4.69) is 5.32 Å². The zero-order chi connectivity index (χ0) is 21.1. The van der Waals surface area contributed by atoms with Crippen molar-refractivity contribution in [2.24, 2.45) is 0 Å². The topological polar surface area (TPSA) is 72.8 Å². The number of likely N-dealkylation sites (tertiary alicyclic amines) is 1. The lowest BCUT2D eigenvalue weighted by Gasteiger charge is -2.42. The van der Waals surface area contributed by atoms with Gasteiger partial charge in [0.05, 0.1) is 18.2 Å². The van der Waals surface area contributed by atoms with Crippen LogP contribution in [0.3, 0.4) is 0 Å². The Morgan fingerprint density at radius 1 is 1.14 bits per heavy atom. The van der Waals surface area contributed by atoms with Gasteiger partial charge in [-0.2, -0.15) is 13.2 Å². The highest BCUT2D eigenvalue weighted by molar-refractivity contribution is 5.94. The second kappa shape index (κ2) is 8.52. The van der Waals surface area contributed by atoms with E-state index in [9.17, 15) is 28.2 Å². The highest BCUT2D eigenvalue weighted by Gasteiger charge is 2.42. The van der Waals surface area contributed by atoms with Crippen LogP contribution >= 0.6 is 0 Å². The van der Waals surface area contributed by atoms with Crippen LogP contribution in [0, 0.1) is 0 Å². The molecule has 1 aliphatic heterocycles. The summed E-state index contributed by atoms with van der Waals surface area (Å²) < 4.78 is 37.9. The molecule has 0 bridgehead atoms. The summed E-state index contributed by atoms with van der Waals surface area (Å²) in [5.41, 5.74) is -1.15. The van der Waals surface area contributed by atoms with E-state index >= 15 is 0 Å². The first-order valence-corrected chi connectivity index (χ1v) is 9.31. The number of halogens is 3. The van der Waals surface area contributed by atoms with Crippen molar-refractivity contribution in [2.75, 3.05) is 19.6 Å². The smallest absolute Gasteiger partial charge is 0.390 e. The molecule has 1 saturated heterocycles. The molecule has 1 heterocycles. The van der Waals surface area contributed by atoms with Gasteiger partial charge in [0.1, 0.15) is 5.60 Å². The van der Waals surface area contributed by atoms with Gasteiger partial charge in [0, 0.05) is 25.2 Å². The molecule has 0 unspecified atom stereocenters. The monoisotopic (exact) mass is 408 g/mol. The second-order valence-electron chi connectivity index (χ2n) is 7.30. The molecule has 156 valence electrons. The molecule has 0 spiro atoms. The van der Waals surface area contributed by atoms with Crippen LogP contribution < -0.4 is 5.32 Å². The van der Waals surface area contributed by atoms with E-state index in [1.807, 2.05) is 0 Å². The summed E-state index contributed by atoms with van der Waals surface area (Å²) in [6.07, 6.45) is -5.17. The van der Waals surface area contributed by atoms with E-state index in [-0.39, 0.29) is 32.0 Å². The summed E-state index contributed by atoms with van der Waals surface area (Å²) in [5.74, 6) is -0.223. The lowest BCUT2D eigenvalue weighted by atomic mass is 9.89. The number of nitrogens with zero attached hydrogens (tertiary/aromatic N) is 1. The number of hydrogen-bond donors (Lipinski definition) is 3. The number of nitrogens with one attached hydrogen (secondary N) is 1. The van der Waals surface area contributed by atoms with Gasteiger partial charge >= 0.3 is 6.18 Å². The Balaban J connectivity index is 1.59. The molecule has 29 heavy (non-hydrogen) atoms. The first-order chi connectivity index (χ1) is 13.7. The summed E-state index contributed by atoms with van der Waals surface area (Å²) in [5, 5.41) is 24.1. The lowest BCUT2D eigenvalue weighted by molar-refractivity contribution is -0.137. The second-order valence-corrected chi connectivity index (χ2v) is 7.30. The normalized spacial score (nSPS) is 22.5. The fourth-order valence-corrected chi connectivity index (χ4v) is 3.41. The standard InChI is InChI=1S/C21H23F3N2O3/c22-21(23,24)17-8-6-15(7-9-17)12-25-13-20(29)14-26(11-10-18(20)27)19(28)16-4-2-1-3-5-16/h1-9,18,25,27,29H,10-14H2/t18-,20+/m0/s1. The highest BCUT2D eigenvalue weighted by atomic mass is 19.4. The van der Waals surface area contributed by atoms with Crippen LogP contribution in [0.2, 0.25) is 0 Å². The van der Waals surface area contributed by atoms with E-state index in [1.165, 1.54) is 17.0 Å². The van der Waals surface area contributed by atoms with Crippen LogP contribution in [0.1, 0.15) is 27.9 Å². The summed E-state index contributed by atoms with van der Waals surface area (Å²) in [4.78, 5) is 14.1. The molecule has 3 N–H and O–H groups in total. The maximum Gasteiger partial charge on any atom is 0.416 e. The van der Waals surface area contributed by atoms with Gasteiger partial charge in [-0.05, 0) is 36.2 Å². The van der Waals surface area contributed by atoms with Crippen molar-refractivity contribution in [2.45, 2.75) is 30.8 Å². The van der Waals surface area contributed by atoms with Gasteiger partial charge in [-0.25, -0.2) is 0 Å². The fraction of sp³-hybridized carbons (Fsp3) is 0.381. The molecule has 8 heteroatoms. The number of amides is 1. The van der Waals surface area contributed by atoms with Gasteiger partial charge in [0.15, 0.2) is 0 Å². The number of rotatable bonds is 5. The molecule has 2 aromatic carbocycles. The molecule has 0 aliphatic carbocycles. The Kier molecular flexibility index (Phi) is 6.26. The van der Waals surface area contributed by atoms with Crippen molar-refractivity contribution in [1.82, 2.24) is 10.2 Å². The van der Waals surface area contributed by atoms with Gasteiger partial charge in [0.25, 0.3) is 5.91 Å². The molecule has 5 nitrogen and oxygen atoms in total. The van der Waals surface area contributed by atoms with Crippen LogP contribution in [0.4, 0.5) is 13.2 Å². The fourth-order valence-electron chi connectivity index (χ4n) is 3.41. The Bertz CT molecular complexity index is 827. The number of piperidine rings is 1. The number of carbonyl (C=O) groups is 1. The number of hydrogen-bond acceptors (Lipinski definition) is 4. The van der Waals surface area contributed by atoms with Crippen LogP contribution in [0.25, 0.3) is 0 Å². The molecule has 0 saturated carbocycles. The van der Waals surface area contributed by atoms with Gasteiger partial charge in [-0.1, -0.05) is 30.3 Å². The molecule has 1 aliphatic rings. The minimum atomic E-state index is -4.39. The van der Waals surface area contributed by atoms with E-state index in [0.717, 1.165) is 12.1 Å². The third-order valence-corrected chi connectivity index (χ3v) is 5.11. The predicted molar refractivity (Wildman–Crippen MR) is 101 cm³/mol. The summed E-state index contributed by atoms with van der Waals surface area (Å²) >= 11 is 0. The minimum absolute atomic E-state index is 0.00619. The van der Waals surface area contributed by atoms with Crippen molar-refractivity contribution in [3.8, 4) is 0 Å². The van der Waals surface area contributed by atoms with Crippen molar-refractivity contribution in [1.29, 1.82) is 0 Å². The maximum absolute atomic E-state index is 12.6. The van der Waals surface area contributed by atoms with Crippen LogP contribution in [0.15, 0.2) is 54.6 Å². The van der Waals surface area contributed by atoms with Gasteiger partial charge in [0.2, 0.25) is 0 Å². The zero-order valence-electron chi connectivity index (χ0n) is 15.7. The lowest BCUT2D eigenvalue weighted by Crippen LogP contribution is -2.62. The van der Waals surface area contributed by atoms with Crippen LogP contribution in [-0.2, 0) is 12.7 Å². The first-order valence-electron chi connectivity index (χ1n) is 9.31. The van der Waals surface area contributed by atoms with E-state index < -0.39 is 23.4 Å². The van der Waals surface area contributed by atoms with Gasteiger partial charge in [-0.3, -0.25) is 4.79 Å². The summed E-state index contributed by atoms with van der Waals surface area (Å²) in [6, 6.07) is 13.4. The largest absolute Gasteiger partial charge is 0.416 e. The highest BCUT2D eigenvalue weighted by Crippen LogP contribution is 2.29. The predicted octanol–water partition coefficient (Wildman–Crippen LogP) is 2.43. The number of alkyl halides is 3. The van der Waals surface area contributed by atoms with Crippen molar-refractivity contribution in [3.63, 3.8) is 0 Å². The van der Waals surface area contributed by atoms with Gasteiger partial charge < -0.3 is 20.4 Å². The van der Waals surface area contributed by atoms with Crippen LogP contribution in [0.5, 0.6) is 0 Å². The van der Waals surface area contributed by atoms with Crippen molar-refractivity contribution < 1.29 is 28.2 Å². The number of β-amino-alcohol motifs (C(OH)–C–C–N with tert-alkyl or cyclic N) is 1. The van der Waals surface area contributed by atoms with E-state index in [0.29, 0.717) is 17.7 Å². The summed E-state index contributed by atoms with van der Waals surface area (Å²) in [7, 11) is 0. The molecule has 2 aromatic rings. The minimum Gasteiger partial charge on any atom is -0.390 e. The van der Waals surface area contributed by atoms with Gasteiger partial charge in [-0.15, -0.1) is 0 Å². The molecule has 3 rings (SSSR count). The Morgan fingerprint density at radius 2 is 1.79 bits per heavy atom. The number of aliphatic hydroxyl groups excluding tert-OH is 1. The molecule has 0 radical (unpaired) electrons. The first kappa shape index (κ1) is 21.3. The van der Waals surface area contributed by atoms with Crippen LogP contribution in [-0.4, -0.2) is 52.4 Å². The molecule has 0 aromatic heterocycles. The third-order valence-electron chi connectivity index (χ3n) is 5.11. The Morgan fingerprint density at radius 3 is 2.41 bits per heavy atom.